The molecule has 2 rings (SSSR count). The van der Waals surface area contributed by atoms with Crippen LogP contribution in [-0.4, -0.2) is 31.8 Å². The molecule has 118 valence electrons. The monoisotopic (exact) mass is 354 g/mol. The van der Waals surface area contributed by atoms with Crippen LogP contribution in [0.2, 0.25) is 0 Å². The van der Waals surface area contributed by atoms with Crippen molar-refractivity contribution in [2.45, 2.75) is 39.8 Å². The fourth-order valence-electron chi connectivity index (χ4n) is 2.68. The number of rotatable bonds is 5. The maximum absolute atomic E-state index is 5.60. The predicted octanol–water partition coefficient (Wildman–Crippen LogP) is 3.81. The summed E-state index contributed by atoms with van der Waals surface area (Å²) in [5, 5.41) is 3.49. The lowest BCUT2D eigenvalue weighted by Gasteiger charge is -2.44. The fourth-order valence-corrected chi connectivity index (χ4v) is 3.19. The Kier molecular flexibility index (Phi) is 5.69. The molecule has 0 atom stereocenters. The van der Waals surface area contributed by atoms with Gasteiger partial charge in [-0.3, -0.25) is 0 Å². The molecule has 1 N–H and O–H groups in total. The van der Waals surface area contributed by atoms with E-state index in [0.29, 0.717) is 5.92 Å². The first kappa shape index (κ1) is 16.8. The van der Waals surface area contributed by atoms with E-state index in [4.69, 9.17) is 4.74 Å². The molecular formula is C17H27BrN2O. The average Bonchev–Trinajstić information content (AvgIpc) is 2.40. The van der Waals surface area contributed by atoms with Crippen LogP contribution in [0.4, 0.5) is 5.69 Å². The molecule has 0 radical (unpaired) electrons. The Hall–Kier alpha value is -0.580. The SMILES string of the molecule is CC(C)CNCc1ccc(N2CCOCC2(C)C)cc1Br. The molecule has 1 aromatic carbocycles. The Morgan fingerprint density at radius 1 is 1.38 bits per heavy atom. The summed E-state index contributed by atoms with van der Waals surface area (Å²) in [5.41, 5.74) is 2.63. The molecule has 1 aliphatic rings. The van der Waals surface area contributed by atoms with Gasteiger partial charge < -0.3 is 15.0 Å². The minimum absolute atomic E-state index is 0.0507. The molecule has 0 bridgehead atoms. The van der Waals surface area contributed by atoms with Gasteiger partial charge in [0.2, 0.25) is 0 Å². The van der Waals surface area contributed by atoms with Crippen molar-refractivity contribution in [1.82, 2.24) is 5.32 Å². The highest BCUT2D eigenvalue weighted by molar-refractivity contribution is 9.10. The van der Waals surface area contributed by atoms with Gasteiger partial charge in [0.05, 0.1) is 18.8 Å². The van der Waals surface area contributed by atoms with Crippen molar-refractivity contribution in [3.05, 3.63) is 28.2 Å². The summed E-state index contributed by atoms with van der Waals surface area (Å²) in [6, 6.07) is 6.68. The number of nitrogens with zero attached hydrogens (tertiary/aromatic N) is 1. The highest BCUT2D eigenvalue weighted by atomic mass is 79.9. The summed E-state index contributed by atoms with van der Waals surface area (Å²) in [7, 11) is 0. The van der Waals surface area contributed by atoms with E-state index < -0.39 is 0 Å². The number of hydrogen-bond donors (Lipinski definition) is 1. The molecule has 1 fully saturated rings. The van der Waals surface area contributed by atoms with E-state index in [2.05, 4.69) is 72.0 Å². The maximum Gasteiger partial charge on any atom is 0.0694 e. The number of anilines is 1. The summed E-state index contributed by atoms with van der Waals surface area (Å²) in [5.74, 6) is 0.678. The van der Waals surface area contributed by atoms with Gasteiger partial charge in [0, 0.05) is 23.2 Å². The van der Waals surface area contributed by atoms with Gasteiger partial charge in [-0.1, -0.05) is 35.8 Å². The number of morpholine rings is 1. The van der Waals surface area contributed by atoms with Gasteiger partial charge in [0.25, 0.3) is 0 Å². The zero-order valence-corrected chi connectivity index (χ0v) is 15.2. The molecule has 0 aliphatic carbocycles. The van der Waals surface area contributed by atoms with Gasteiger partial charge in [-0.25, -0.2) is 0 Å². The van der Waals surface area contributed by atoms with Crippen LogP contribution < -0.4 is 10.2 Å². The van der Waals surface area contributed by atoms with Gasteiger partial charge >= 0.3 is 0 Å². The van der Waals surface area contributed by atoms with Gasteiger partial charge in [-0.2, -0.15) is 0 Å². The second-order valence-corrected chi connectivity index (χ2v) is 7.67. The number of hydrogen-bond acceptors (Lipinski definition) is 3. The molecule has 0 unspecified atom stereocenters. The highest BCUT2D eigenvalue weighted by Gasteiger charge is 2.30. The molecule has 4 heteroatoms. The van der Waals surface area contributed by atoms with Crippen LogP contribution in [0.1, 0.15) is 33.3 Å². The molecule has 0 amide bonds. The Morgan fingerprint density at radius 3 is 2.76 bits per heavy atom. The summed E-state index contributed by atoms with van der Waals surface area (Å²) >= 11 is 3.72. The van der Waals surface area contributed by atoms with Crippen molar-refractivity contribution >= 4 is 21.6 Å². The number of nitrogens with one attached hydrogen (secondary N) is 1. The summed E-state index contributed by atoms with van der Waals surface area (Å²) in [6.07, 6.45) is 0. The van der Waals surface area contributed by atoms with Gasteiger partial charge in [-0.05, 0) is 44.0 Å². The largest absolute Gasteiger partial charge is 0.377 e. The molecule has 0 saturated carbocycles. The third kappa shape index (κ3) is 4.44. The van der Waals surface area contributed by atoms with Gasteiger partial charge in [0.15, 0.2) is 0 Å². The second-order valence-electron chi connectivity index (χ2n) is 6.82. The fraction of sp³-hybridized carbons (Fsp3) is 0.647. The lowest BCUT2D eigenvalue weighted by atomic mass is 10.0. The molecule has 0 aromatic heterocycles. The molecule has 21 heavy (non-hydrogen) atoms. The first-order valence-electron chi connectivity index (χ1n) is 7.74. The Labute approximate surface area is 137 Å². The van der Waals surface area contributed by atoms with E-state index in [0.717, 1.165) is 32.8 Å². The Balaban J connectivity index is 2.07. The van der Waals surface area contributed by atoms with E-state index >= 15 is 0 Å². The van der Waals surface area contributed by atoms with Crippen LogP contribution in [0.3, 0.4) is 0 Å². The smallest absolute Gasteiger partial charge is 0.0694 e. The number of benzene rings is 1. The van der Waals surface area contributed by atoms with Crippen LogP contribution in [0.25, 0.3) is 0 Å². The van der Waals surface area contributed by atoms with Crippen molar-refractivity contribution in [2.24, 2.45) is 5.92 Å². The molecule has 1 aliphatic heterocycles. The normalized spacial score (nSPS) is 18.3. The van der Waals surface area contributed by atoms with Crippen molar-refractivity contribution in [1.29, 1.82) is 0 Å². The minimum Gasteiger partial charge on any atom is -0.377 e. The van der Waals surface area contributed by atoms with Crippen LogP contribution in [0, 0.1) is 5.92 Å². The van der Waals surface area contributed by atoms with Crippen LogP contribution in [0.5, 0.6) is 0 Å². The van der Waals surface area contributed by atoms with E-state index in [1.165, 1.54) is 15.7 Å². The quantitative estimate of drug-likeness (QED) is 0.869. The average molecular weight is 355 g/mol. The van der Waals surface area contributed by atoms with Gasteiger partial charge in [-0.15, -0.1) is 0 Å². The summed E-state index contributed by atoms with van der Waals surface area (Å²) in [6.45, 7) is 13.4. The first-order valence-corrected chi connectivity index (χ1v) is 8.54. The summed E-state index contributed by atoms with van der Waals surface area (Å²) in [4.78, 5) is 2.44. The van der Waals surface area contributed by atoms with Gasteiger partial charge in [0.1, 0.15) is 0 Å². The van der Waals surface area contributed by atoms with Crippen LogP contribution in [-0.2, 0) is 11.3 Å². The predicted molar refractivity (Wildman–Crippen MR) is 92.9 cm³/mol. The molecule has 1 heterocycles. The lowest BCUT2D eigenvalue weighted by Crippen LogP contribution is -2.53. The number of halogens is 1. The zero-order chi connectivity index (χ0) is 15.5. The topological polar surface area (TPSA) is 24.5 Å². The molecule has 0 spiro atoms. The van der Waals surface area contributed by atoms with Crippen molar-refractivity contribution < 1.29 is 4.74 Å². The Bertz CT molecular complexity index is 474. The zero-order valence-electron chi connectivity index (χ0n) is 13.6. The van der Waals surface area contributed by atoms with E-state index in [9.17, 15) is 0 Å². The Morgan fingerprint density at radius 2 is 2.14 bits per heavy atom. The first-order chi connectivity index (χ1) is 9.90. The maximum atomic E-state index is 5.60. The minimum atomic E-state index is 0.0507. The molecule has 1 aromatic rings. The van der Waals surface area contributed by atoms with E-state index in [1.54, 1.807) is 0 Å². The molecular weight excluding hydrogens is 328 g/mol. The van der Waals surface area contributed by atoms with Crippen LogP contribution >= 0.6 is 15.9 Å². The van der Waals surface area contributed by atoms with Crippen molar-refractivity contribution in [3.63, 3.8) is 0 Å². The van der Waals surface area contributed by atoms with Crippen LogP contribution in [0.15, 0.2) is 22.7 Å². The lowest BCUT2D eigenvalue weighted by molar-refractivity contribution is 0.0644. The summed E-state index contributed by atoms with van der Waals surface area (Å²) < 4.78 is 6.78. The number of ether oxygens (including phenoxy) is 1. The van der Waals surface area contributed by atoms with Crippen molar-refractivity contribution in [3.8, 4) is 0 Å². The highest BCUT2D eigenvalue weighted by Crippen LogP contribution is 2.30. The van der Waals surface area contributed by atoms with E-state index in [1.807, 2.05) is 0 Å². The third-order valence-electron chi connectivity index (χ3n) is 3.86. The molecule has 1 saturated heterocycles. The second kappa shape index (κ2) is 7.12. The molecule has 3 nitrogen and oxygen atoms in total. The van der Waals surface area contributed by atoms with Crippen molar-refractivity contribution in [2.75, 3.05) is 31.2 Å². The van der Waals surface area contributed by atoms with E-state index in [-0.39, 0.29) is 5.54 Å². The standard InChI is InChI=1S/C17H27BrN2O/c1-13(2)10-19-11-14-5-6-15(9-16(14)18)20-7-8-21-12-17(20,3)4/h5-6,9,13,19H,7-8,10-12H2,1-4H3. The third-order valence-corrected chi connectivity index (χ3v) is 4.60.